The van der Waals surface area contributed by atoms with Gasteiger partial charge in [-0.2, -0.15) is 0 Å². The molecule has 1 aliphatic heterocycles. The zero-order valence-corrected chi connectivity index (χ0v) is 14.8. The van der Waals surface area contributed by atoms with Crippen molar-refractivity contribution in [3.8, 4) is 0 Å². The first-order valence-electron chi connectivity index (χ1n) is 8.50. The number of rotatable bonds is 4. The summed E-state index contributed by atoms with van der Waals surface area (Å²) < 4.78 is 0. The van der Waals surface area contributed by atoms with E-state index in [2.05, 4.69) is 10.6 Å². The molecule has 1 aliphatic rings. The Labute approximate surface area is 152 Å². The lowest BCUT2D eigenvalue weighted by Gasteiger charge is -2.29. The Morgan fingerprint density at radius 1 is 1.08 bits per heavy atom. The minimum absolute atomic E-state index is 0.0331. The van der Waals surface area contributed by atoms with Crippen molar-refractivity contribution in [1.82, 2.24) is 0 Å². The molecule has 6 nitrogen and oxygen atoms in total. The molecule has 0 spiro atoms. The molecule has 0 saturated heterocycles. The van der Waals surface area contributed by atoms with Crippen molar-refractivity contribution in [1.29, 1.82) is 0 Å². The first-order valence-corrected chi connectivity index (χ1v) is 8.50. The average Bonchev–Trinajstić information content (AvgIpc) is 2.62. The highest BCUT2D eigenvalue weighted by atomic mass is 16.2. The number of aryl methyl sites for hydroxylation is 2. The summed E-state index contributed by atoms with van der Waals surface area (Å²) in [5, 5.41) is 5.55. The summed E-state index contributed by atoms with van der Waals surface area (Å²) in [7, 11) is 0. The molecule has 0 saturated carbocycles. The van der Waals surface area contributed by atoms with E-state index < -0.39 is 0 Å². The van der Waals surface area contributed by atoms with Gasteiger partial charge in [0.25, 0.3) is 0 Å². The fourth-order valence-corrected chi connectivity index (χ4v) is 2.85. The molecule has 0 aromatic heterocycles. The van der Waals surface area contributed by atoms with E-state index in [-0.39, 0.29) is 37.1 Å². The highest BCUT2D eigenvalue weighted by Crippen LogP contribution is 2.29. The van der Waals surface area contributed by atoms with Gasteiger partial charge in [0.15, 0.2) is 0 Å². The first-order chi connectivity index (χ1) is 12.4. The third-order valence-corrected chi connectivity index (χ3v) is 4.43. The van der Waals surface area contributed by atoms with E-state index in [9.17, 15) is 14.4 Å². The Kier molecular flexibility index (Phi) is 5.02. The van der Waals surface area contributed by atoms with Crippen LogP contribution in [0.2, 0.25) is 0 Å². The van der Waals surface area contributed by atoms with E-state index in [1.165, 1.54) is 4.90 Å². The maximum absolute atomic E-state index is 12.5. The van der Waals surface area contributed by atoms with Crippen molar-refractivity contribution in [3.63, 3.8) is 0 Å². The van der Waals surface area contributed by atoms with Crippen molar-refractivity contribution in [2.45, 2.75) is 26.7 Å². The van der Waals surface area contributed by atoms with E-state index in [4.69, 9.17) is 0 Å². The quantitative estimate of drug-likeness (QED) is 0.889. The monoisotopic (exact) mass is 351 g/mol. The number of amides is 3. The Morgan fingerprint density at radius 2 is 1.85 bits per heavy atom. The number of benzene rings is 2. The molecule has 0 bridgehead atoms. The molecule has 3 rings (SSSR count). The fraction of sp³-hybridized carbons (Fsp3) is 0.250. The normalized spacial score (nSPS) is 13.0. The number of nitrogens with one attached hydrogen (secondary N) is 2. The van der Waals surface area contributed by atoms with Gasteiger partial charge in [-0.15, -0.1) is 0 Å². The molecule has 1 heterocycles. The topological polar surface area (TPSA) is 78.5 Å². The van der Waals surface area contributed by atoms with Gasteiger partial charge in [0.2, 0.25) is 17.7 Å². The lowest BCUT2D eigenvalue weighted by molar-refractivity contribution is -0.124. The molecule has 2 aromatic rings. The van der Waals surface area contributed by atoms with Gasteiger partial charge in [-0.1, -0.05) is 18.2 Å². The number of nitrogens with zero attached hydrogens (tertiary/aromatic N) is 1. The SMILES string of the molecule is Cc1ccc(NC(=O)CCC(=O)N2CC(=O)Nc3ccccc32)cc1C. The van der Waals surface area contributed by atoms with Crippen LogP contribution >= 0.6 is 0 Å². The van der Waals surface area contributed by atoms with Crippen molar-refractivity contribution in [3.05, 3.63) is 53.6 Å². The predicted octanol–water partition coefficient (Wildman–Crippen LogP) is 3.01. The highest BCUT2D eigenvalue weighted by molar-refractivity contribution is 6.10. The van der Waals surface area contributed by atoms with Crippen molar-refractivity contribution < 1.29 is 14.4 Å². The van der Waals surface area contributed by atoms with Crippen LogP contribution in [-0.2, 0) is 14.4 Å². The molecule has 0 atom stereocenters. The number of carbonyl (C=O) groups excluding carboxylic acids is 3. The van der Waals surface area contributed by atoms with E-state index in [1.54, 1.807) is 18.2 Å². The zero-order valence-electron chi connectivity index (χ0n) is 14.8. The molecule has 2 aromatic carbocycles. The summed E-state index contributed by atoms with van der Waals surface area (Å²) in [6.07, 6.45) is 0.102. The van der Waals surface area contributed by atoms with Crippen LogP contribution in [0.3, 0.4) is 0 Å². The van der Waals surface area contributed by atoms with Crippen LogP contribution in [0.4, 0.5) is 17.1 Å². The van der Waals surface area contributed by atoms with Crippen molar-refractivity contribution >= 4 is 34.8 Å². The van der Waals surface area contributed by atoms with Crippen molar-refractivity contribution in [2.75, 3.05) is 22.1 Å². The third kappa shape index (κ3) is 3.91. The van der Waals surface area contributed by atoms with Crippen LogP contribution in [-0.4, -0.2) is 24.3 Å². The Balaban J connectivity index is 1.61. The molecule has 0 radical (unpaired) electrons. The van der Waals surface area contributed by atoms with Crippen LogP contribution < -0.4 is 15.5 Å². The van der Waals surface area contributed by atoms with E-state index in [0.29, 0.717) is 17.1 Å². The number of para-hydroxylation sites is 2. The average molecular weight is 351 g/mol. The minimum Gasteiger partial charge on any atom is -0.326 e. The van der Waals surface area contributed by atoms with Gasteiger partial charge in [-0.25, -0.2) is 0 Å². The summed E-state index contributed by atoms with van der Waals surface area (Å²) in [6.45, 7) is 3.95. The smallest absolute Gasteiger partial charge is 0.244 e. The molecule has 3 amide bonds. The summed E-state index contributed by atoms with van der Waals surface area (Å²) >= 11 is 0. The number of hydrogen-bond donors (Lipinski definition) is 2. The van der Waals surface area contributed by atoms with Gasteiger partial charge in [0, 0.05) is 18.5 Å². The van der Waals surface area contributed by atoms with Gasteiger partial charge in [0.1, 0.15) is 6.54 Å². The van der Waals surface area contributed by atoms with Crippen LogP contribution in [0.1, 0.15) is 24.0 Å². The highest BCUT2D eigenvalue weighted by Gasteiger charge is 2.26. The summed E-state index contributed by atoms with van der Waals surface area (Å²) in [4.78, 5) is 37.9. The van der Waals surface area contributed by atoms with Crippen LogP contribution in [0.15, 0.2) is 42.5 Å². The standard InChI is InChI=1S/C20H21N3O3/c1-13-7-8-15(11-14(13)2)21-18(24)9-10-20(26)23-12-19(25)22-16-5-3-4-6-17(16)23/h3-8,11H,9-10,12H2,1-2H3,(H,21,24)(H,22,25). The lowest BCUT2D eigenvalue weighted by atomic mass is 10.1. The molecular formula is C20H21N3O3. The largest absolute Gasteiger partial charge is 0.326 e. The van der Waals surface area contributed by atoms with Gasteiger partial charge in [0.05, 0.1) is 11.4 Å². The maximum Gasteiger partial charge on any atom is 0.244 e. The zero-order chi connectivity index (χ0) is 18.7. The van der Waals surface area contributed by atoms with E-state index in [1.807, 2.05) is 38.1 Å². The number of fused-ring (bicyclic) bond motifs is 1. The Hall–Kier alpha value is -3.15. The van der Waals surface area contributed by atoms with Gasteiger partial charge >= 0.3 is 0 Å². The molecule has 134 valence electrons. The number of hydrogen-bond acceptors (Lipinski definition) is 3. The fourth-order valence-electron chi connectivity index (χ4n) is 2.85. The van der Waals surface area contributed by atoms with Gasteiger partial charge in [-0.3, -0.25) is 14.4 Å². The number of anilines is 3. The molecule has 26 heavy (non-hydrogen) atoms. The first kappa shape index (κ1) is 17.7. The summed E-state index contributed by atoms with van der Waals surface area (Å²) in [6, 6.07) is 12.8. The van der Waals surface area contributed by atoms with Crippen LogP contribution in [0.25, 0.3) is 0 Å². The van der Waals surface area contributed by atoms with Gasteiger partial charge in [-0.05, 0) is 49.2 Å². The second-order valence-corrected chi connectivity index (χ2v) is 6.39. The van der Waals surface area contributed by atoms with Gasteiger partial charge < -0.3 is 15.5 Å². The van der Waals surface area contributed by atoms with Crippen LogP contribution in [0.5, 0.6) is 0 Å². The maximum atomic E-state index is 12.5. The second-order valence-electron chi connectivity index (χ2n) is 6.39. The van der Waals surface area contributed by atoms with Crippen LogP contribution in [0, 0.1) is 13.8 Å². The van der Waals surface area contributed by atoms with E-state index >= 15 is 0 Å². The van der Waals surface area contributed by atoms with Crippen molar-refractivity contribution in [2.24, 2.45) is 0 Å². The van der Waals surface area contributed by atoms with E-state index in [0.717, 1.165) is 11.1 Å². The Bertz CT molecular complexity index is 876. The Morgan fingerprint density at radius 3 is 2.62 bits per heavy atom. The molecule has 2 N–H and O–H groups in total. The molecule has 0 unspecified atom stereocenters. The molecule has 6 heteroatoms. The summed E-state index contributed by atoms with van der Waals surface area (Å²) in [5.74, 6) is -0.712. The predicted molar refractivity (Wildman–Crippen MR) is 101 cm³/mol. The summed E-state index contributed by atoms with van der Waals surface area (Å²) in [5.41, 5.74) is 4.23. The lowest BCUT2D eigenvalue weighted by Crippen LogP contribution is -2.42. The second kappa shape index (κ2) is 7.39. The molecule has 0 aliphatic carbocycles. The molecular weight excluding hydrogens is 330 g/mol. The number of carbonyl (C=O) groups is 3. The third-order valence-electron chi connectivity index (χ3n) is 4.43. The molecule has 0 fully saturated rings. The minimum atomic E-state index is -0.248.